The van der Waals surface area contributed by atoms with Gasteiger partial charge in [0.25, 0.3) is 5.91 Å². The van der Waals surface area contributed by atoms with Crippen molar-refractivity contribution in [2.45, 2.75) is 33.9 Å². The Kier molecular flexibility index (Phi) is 7.49. The predicted molar refractivity (Wildman–Crippen MR) is 104 cm³/mol. The number of amides is 1. The molecule has 0 saturated heterocycles. The summed E-state index contributed by atoms with van der Waals surface area (Å²) in [4.78, 5) is 14.2. The summed E-state index contributed by atoms with van der Waals surface area (Å²) in [5.74, 6) is -0.516. The van der Waals surface area contributed by atoms with Gasteiger partial charge in [0.15, 0.2) is 0 Å². The second-order valence-corrected chi connectivity index (χ2v) is 5.98. The number of ether oxygens (including phenoxy) is 1. The maximum Gasteiger partial charge on any atom is 0.254 e. The van der Waals surface area contributed by atoms with Crippen molar-refractivity contribution in [1.29, 1.82) is 0 Å². The topological polar surface area (TPSA) is 47.4 Å². The van der Waals surface area contributed by atoms with Crippen molar-refractivity contribution < 1.29 is 18.3 Å². The third kappa shape index (κ3) is 5.06. The van der Waals surface area contributed by atoms with Crippen LogP contribution in [0, 0.1) is 5.82 Å². The van der Waals surface area contributed by atoms with E-state index in [2.05, 4.69) is 11.7 Å². The molecule has 1 aliphatic heterocycles. The van der Waals surface area contributed by atoms with Crippen molar-refractivity contribution in [3.05, 3.63) is 71.5 Å². The van der Waals surface area contributed by atoms with E-state index in [1.54, 1.807) is 15.6 Å². The number of rotatable bonds is 5. The van der Waals surface area contributed by atoms with Gasteiger partial charge in [-0.15, -0.1) is 5.10 Å². The minimum Gasteiger partial charge on any atom is -0.472 e. The second-order valence-electron chi connectivity index (χ2n) is 5.98. The van der Waals surface area contributed by atoms with E-state index in [1.165, 1.54) is 37.3 Å². The largest absolute Gasteiger partial charge is 0.472 e. The summed E-state index contributed by atoms with van der Waals surface area (Å²) in [7, 11) is 0. The highest BCUT2D eigenvalue weighted by molar-refractivity contribution is 5.94. The van der Waals surface area contributed by atoms with Crippen molar-refractivity contribution in [2.75, 3.05) is 13.2 Å². The SMILES string of the molecule is C=C/C(COc1cc2n(n1)CCN(C(=O)c1ccc(F)cc1)C2)=C(\C)F.CC. The van der Waals surface area contributed by atoms with Crippen LogP contribution < -0.4 is 4.74 Å². The van der Waals surface area contributed by atoms with E-state index in [-0.39, 0.29) is 24.2 Å². The fourth-order valence-corrected chi connectivity index (χ4v) is 2.71. The molecule has 28 heavy (non-hydrogen) atoms. The average Bonchev–Trinajstić information content (AvgIpc) is 3.12. The minimum absolute atomic E-state index is 0.0422. The van der Waals surface area contributed by atoms with Crippen LogP contribution in [0.2, 0.25) is 0 Å². The van der Waals surface area contributed by atoms with Crippen molar-refractivity contribution in [1.82, 2.24) is 14.7 Å². The first-order valence-electron chi connectivity index (χ1n) is 9.20. The van der Waals surface area contributed by atoms with Gasteiger partial charge in [-0.1, -0.05) is 26.5 Å². The Bertz CT molecular complexity index is 853. The number of nitrogens with zero attached hydrogens (tertiary/aromatic N) is 3. The highest BCUT2D eigenvalue weighted by Crippen LogP contribution is 2.20. The second kappa shape index (κ2) is 9.82. The Morgan fingerprint density at radius 1 is 1.29 bits per heavy atom. The first-order valence-corrected chi connectivity index (χ1v) is 9.20. The molecule has 7 heteroatoms. The van der Waals surface area contributed by atoms with E-state index in [0.29, 0.717) is 36.7 Å². The van der Waals surface area contributed by atoms with Gasteiger partial charge in [0.05, 0.1) is 18.8 Å². The lowest BCUT2D eigenvalue weighted by molar-refractivity contribution is 0.0706. The Morgan fingerprint density at radius 2 is 1.96 bits per heavy atom. The summed E-state index contributed by atoms with van der Waals surface area (Å²) in [6.45, 7) is 10.3. The van der Waals surface area contributed by atoms with Gasteiger partial charge in [-0.2, -0.15) is 0 Å². The lowest BCUT2D eigenvalue weighted by atomic mass is 10.1. The van der Waals surface area contributed by atoms with Gasteiger partial charge in [-0.05, 0) is 31.2 Å². The van der Waals surface area contributed by atoms with E-state index in [0.717, 1.165) is 5.69 Å². The van der Waals surface area contributed by atoms with Crippen LogP contribution in [-0.4, -0.2) is 33.7 Å². The normalized spacial score (nSPS) is 13.7. The lowest BCUT2D eigenvalue weighted by Crippen LogP contribution is -2.38. The van der Waals surface area contributed by atoms with Crippen LogP contribution in [0.4, 0.5) is 8.78 Å². The molecule has 2 aromatic rings. The molecule has 0 unspecified atom stereocenters. The molecule has 150 valence electrons. The smallest absolute Gasteiger partial charge is 0.254 e. The Balaban J connectivity index is 0.00000136. The molecule has 0 saturated carbocycles. The molecule has 0 radical (unpaired) electrons. The third-order valence-electron chi connectivity index (χ3n) is 4.22. The maximum atomic E-state index is 13.3. The fourth-order valence-electron chi connectivity index (χ4n) is 2.71. The first kappa shape index (κ1) is 21.3. The number of hydrogen-bond donors (Lipinski definition) is 0. The number of aromatic nitrogens is 2. The molecule has 1 aromatic carbocycles. The molecule has 2 heterocycles. The minimum atomic E-state index is -0.378. The molecule has 5 nitrogen and oxygen atoms in total. The van der Waals surface area contributed by atoms with E-state index in [4.69, 9.17) is 4.74 Å². The van der Waals surface area contributed by atoms with Gasteiger partial charge in [-0.25, -0.2) is 8.78 Å². The highest BCUT2D eigenvalue weighted by Gasteiger charge is 2.23. The summed E-state index contributed by atoms with van der Waals surface area (Å²) in [5, 5.41) is 4.32. The van der Waals surface area contributed by atoms with Crippen LogP contribution >= 0.6 is 0 Å². The highest BCUT2D eigenvalue weighted by atomic mass is 19.1. The van der Waals surface area contributed by atoms with Crippen LogP contribution in [-0.2, 0) is 13.1 Å². The molecule has 0 bridgehead atoms. The third-order valence-corrected chi connectivity index (χ3v) is 4.22. The lowest BCUT2D eigenvalue weighted by Gasteiger charge is -2.27. The quantitative estimate of drug-likeness (QED) is 0.707. The van der Waals surface area contributed by atoms with Crippen LogP contribution in [0.5, 0.6) is 5.88 Å². The monoisotopic (exact) mass is 389 g/mol. The first-order chi connectivity index (χ1) is 13.5. The van der Waals surface area contributed by atoms with Crippen LogP contribution in [0.3, 0.4) is 0 Å². The van der Waals surface area contributed by atoms with Gasteiger partial charge in [0.2, 0.25) is 5.88 Å². The van der Waals surface area contributed by atoms with Crippen molar-refractivity contribution in [3.63, 3.8) is 0 Å². The van der Waals surface area contributed by atoms with E-state index in [1.807, 2.05) is 13.8 Å². The molecular formula is C21H25F2N3O2. The molecule has 0 aliphatic carbocycles. The van der Waals surface area contributed by atoms with E-state index in [9.17, 15) is 13.6 Å². The van der Waals surface area contributed by atoms with Gasteiger partial charge in [0.1, 0.15) is 18.3 Å². The number of allylic oxidation sites excluding steroid dienone is 1. The average molecular weight is 389 g/mol. The zero-order valence-corrected chi connectivity index (χ0v) is 16.4. The van der Waals surface area contributed by atoms with Crippen molar-refractivity contribution in [3.8, 4) is 5.88 Å². The molecule has 0 atom stereocenters. The maximum absolute atomic E-state index is 13.3. The number of carbonyl (C=O) groups is 1. The van der Waals surface area contributed by atoms with Crippen LogP contribution in [0.25, 0.3) is 0 Å². The van der Waals surface area contributed by atoms with Gasteiger partial charge in [0, 0.05) is 23.7 Å². The number of benzene rings is 1. The van der Waals surface area contributed by atoms with Gasteiger partial charge >= 0.3 is 0 Å². The molecule has 0 fully saturated rings. The molecule has 1 aliphatic rings. The van der Waals surface area contributed by atoms with Gasteiger partial charge in [-0.3, -0.25) is 9.48 Å². The number of fused-ring (bicyclic) bond motifs is 1. The van der Waals surface area contributed by atoms with Crippen LogP contribution in [0.1, 0.15) is 36.8 Å². The zero-order chi connectivity index (χ0) is 20.7. The Hall–Kier alpha value is -2.96. The zero-order valence-electron chi connectivity index (χ0n) is 16.4. The summed E-state index contributed by atoms with van der Waals surface area (Å²) in [6, 6.07) is 7.22. The Morgan fingerprint density at radius 3 is 2.57 bits per heavy atom. The van der Waals surface area contributed by atoms with E-state index < -0.39 is 0 Å². The van der Waals surface area contributed by atoms with Crippen LogP contribution in [0.15, 0.2) is 54.4 Å². The van der Waals surface area contributed by atoms with Crippen molar-refractivity contribution in [2.24, 2.45) is 0 Å². The molecule has 1 amide bonds. The van der Waals surface area contributed by atoms with Crippen molar-refractivity contribution >= 4 is 5.91 Å². The molecule has 0 spiro atoms. The standard InChI is InChI=1S/C19H19F2N3O2.C2H6/c1-3-14(13(2)20)12-26-18-10-17-11-23(8-9-24(17)22-18)19(25)15-4-6-16(21)7-5-15;1-2/h3-7,10H,1,8-9,11-12H2,2H3;1-2H3/b14-13-;. The Labute approximate surface area is 163 Å². The number of hydrogen-bond acceptors (Lipinski definition) is 3. The summed E-state index contributed by atoms with van der Waals surface area (Å²) >= 11 is 0. The van der Waals surface area contributed by atoms with Gasteiger partial charge < -0.3 is 9.64 Å². The summed E-state index contributed by atoms with van der Waals surface area (Å²) in [5.41, 5.74) is 1.63. The predicted octanol–water partition coefficient (Wildman–Crippen LogP) is 4.51. The molecule has 0 N–H and O–H groups in total. The number of halogens is 2. The molecular weight excluding hydrogens is 364 g/mol. The van der Waals surface area contributed by atoms with E-state index >= 15 is 0 Å². The number of carbonyl (C=O) groups excluding carboxylic acids is 1. The fraction of sp³-hybridized carbons (Fsp3) is 0.333. The summed E-state index contributed by atoms with van der Waals surface area (Å²) < 4.78 is 33.6. The molecule has 3 rings (SSSR count). The summed E-state index contributed by atoms with van der Waals surface area (Å²) in [6.07, 6.45) is 1.41. The molecule has 1 aromatic heterocycles.